The van der Waals surface area contributed by atoms with Crippen LogP contribution in [0.5, 0.6) is 0 Å². The molecule has 1 unspecified atom stereocenters. The van der Waals surface area contributed by atoms with Crippen molar-refractivity contribution < 1.29 is 19.4 Å². The maximum absolute atomic E-state index is 12.2. The van der Waals surface area contributed by atoms with Crippen molar-refractivity contribution in [2.75, 3.05) is 19.8 Å². The van der Waals surface area contributed by atoms with Gasteiger partial charge in [-0.25, -0.2) is 4.79 Å². The number of amides is 1. The highest BCUT2D eigenvalue weighted by atomic mass is 35.5. The van der Waals surface area contributed by atoms with Gasteiger partial charge in [0.1, 0.15) is 0 Å². The van der Waals surface area contributed by atoms with E-state index >= 15 is 0 Å². The molecule has 1 atom stereocenters. The molecule has 1 aliphatic rings. The molecular weight excluding hydrogens is 317 g/mol. The number of benzene rings is 1. The summed E-state index contributed by atoms with van der Waals surface area (Å²) in [7, 11) is 0. The van der Waals surface area contributed by atoms with Gasteiger partial charge in [-0.1, -0.05) is 23.2 Å². The number of ether oxygens (including phenoxy) is 1. The highest BCUT2D eigenvalue weighted by molar-refractivity contribution is 6.34. The summed E-state index contributed by atoms with van der Waals surface area (Å²) in [6.45, 7) is 0.689. The van der Waals surface area contributed by atoms with Crippen molar-refractivity contribution in [2.24, 2.45) is 0 Å². The van der Waals surface area contributed by atoms with E-state index in [0.717, 1.165) is 5.56 Å². The van der Waals surface area contributed by atoms with E-state index < -0.39 is 12.0 Å². The van der Waals surface area contributed by atoms with E-state index in [4.69, 9.17) is 33.0 Å². The number of carboxylic acid groups (broad SMARTS) is 1. The van der Waals surface area contributed by atoms with Crippen molar-refractivity contribution in [2.45, 2.75) is 18.9 Å². The molecule has 1 aromatic carbocycles. The second kappa shape index (κ2) is 7.11. The number of halogens is 2. The lowest BCUT2D eigenvalue weighted by molar-refractivity contribution is -0.158. The van der Waals surface area contributed by atoms with Crippen LogP contribution in [0.2, 0.25) is 10.0 Å². The van der Waals surface area contributed by atoms with E-state index in [9.17, 15) is 9.59 Å². The first-order valence-electron chi connectivity index (χ1n) is 6.52. The van der Waals surface area contributed by atoms with Gasteiger partial charge in [0.2, 0.25) is 5.91 Å². The third kappa shape index (κ3) is 4.33. The zero-order valence-electron chi connectivity index (χ0n) is 11.2. The first-order chi connectivity index (χ1) is 9.97. The van der Waals surface area contributed by atoms with E-state index in [0.29, 0.717) is 29.6 Å². The van der Waals surface area contributed by atoms with Crippen molar-refractivity contribution in [1.82, 2.24) is 4.90 Å². The molecule has 2 rings (SSSR count). The number of hydrogen-bond donors (Lipinski definition) is 1. The molecule has 21 heavy (non-hydrogen) atoms. The van der Waals surface area contributed by atoms with Gasteiger partial charge in [0.25, 0.3) is 0 Å². The second-order valence-corrected chi connectivity index (χ2v) is 5.67. The van der Waals surface area contributed by atoms with Crippen molar-refractivity contribution >= 4 is 35.1 Å². The molecule has 1 amide bonds. The molecule has 1 saturated heterocycles. The number of aryl methyl sites for hydroxylation is 1. The Morgan fingerprint density at radius 3 is 2.57 bits per heavy atom. The molecule has 0 aliphatic carbocycles. The fourth-order valence-corrected chi connectivity index (χ4v) is 2.83. The fourth-order valence-electron chi connectivity index (χ4n) is 2.26. The number of carbonyl (C=O) groups is 2. The maximum atomic E-state index is 12.2. The molecule has 1 heterocycles. The Morgan fingerprint density at radius 2 is 1.95 bits per heavy atom. The van der Waals surface area contributed by atoms with Gasteiger partial charge >= 0.3 is 5.97 Å². The number of nitrogens with zero attached hydrogens (tertiary/aromatic N) is 1. The quantitative estimate of drug-likeness (QED) is 0.918. The minimum Gasteiger partial charge on any atom is -0.480 e. The first kappa shape index (κ1) is 16.1. The predicted molar refractivity (Wildman–Crippen MR) is 78.7 cm³/mol. The molecule has 1 N–H and O–H groups in total. The minimum atomic E-state index is -1.05. The van der Waals surface area contributed by atoms with Crippen LogP contribution in [-0.2, 0) is 20.7 Å². The van der Waals surface area contributed by atoms with E-state index in [2.05, 4.69) is 0 Å². The number of aliphatic carboxylic acids is 1. The van der Waals surface area contributed by atoms with Crippen molar-refractivity contribution in [3.63, 3.8) is 0 Å². The average molecular weight is 332 g/mol. The van der Waals surface area contributed by atoms with Gasteiger partial charge in [-0.3, -0.25) is 4.79 Å². The normalized spacial score (nSPS) is 18.6. The highest BCUT2D eigenvalue weighted by Crippen LogP contribution is 2.20. The summed E-state index contributed by atoms with van der Waals surface area (Å²) in [5, 5.41) is 10.1. The number of carboxylic acids is 1. The van der Waals surface area contributed by atoms with Crippen LogP contribution in [0.25, 0.3) is 0 Å². The van der Waals surface area contributed by atoms with Crippen LogP contribution in [0.15, 0.2) is 18.2 Å². The summed E-state index contributed by atoms with van der Waals surface area (Å²) >= 11 is 11.8. The minimum absolute atomic E-state index is 0.0318. The van der Waals surface area contributed by atoms with Gasteiger partial charge < -0.3 is 14.7 Å². The van der Waals surface area contributed by atoms with Gasteiger partial charge in [-0.15, -0.1) is 0 Å². The Kier molecular flexibility index (Phi) is 5.45. The van der Waals surface area contributed by atoms with Gasteiger partial charge in [-0.05, 0) is 30.2 Å². The van der Waals surface area contributed by atoms with Gasteiger partial charge in [-0.2, -0.15) is 0 Å². The summed E-state index contributed by atoms with van der Waals surface area (Å²) < 4.78 is 5.11. The number of hydrogen-bond acceptors (Lipinski definition) is 3. The van der Waals surface area contributed by atoms with Gasteiger partial charge in [0.15, 0.2) is 6.04 Å². The summed E-state index contributed by atoms with van der Waals surface area (Å²) in [5.41, 5.74) is 0.848. The van der Waals surface area contributed by atoms with Crippen molar-refractivity contribution in [3.05, 3.63) is 33.8 Å². The summed E-state index contributed by atoms with van der Waals surface area (Å²) in [6.07, 6.45) is 0.670. The van der Waals surface area contributed by atoms with E-state index in [-0.39, 0.29) is 18.9 Å². The Labute approximate surface area is 132 Å². The summed E-state index contributed by atoms with van der Waals surface area (Å²) in [4.78, 5) is 24.7. The van der Waals surface area contributed by atoms with Crippen molar-refractivity contribution in [3.8, 4) is 0 Å². The van der Waals surface area contributed by atoms with Crippen LogP contribution < -0.4 is 0 Å². The molecule has 0 bridgehead atoms. The van der Waals surface area contributed by atoms with Gasteiger partial charge in [0, 0.05) is 23.0 Å². The summed E-state index contributed by atoms with van der Waals surface area (Å²) in [5.74, 6) is -1.25. The predicted octanol–water partition coefficient (Wildman–Crippen LogP) is 2.24. The van der Waals surface area contributed by atoms with E-state index in [1.165, 1.54) is 4.90 Å². The Morgan fingerprint density at radius 1 is 1.29 bits per heavy atom. The van der Waals surface area contributed by atoms with Crippen LogP contribution in [0, 0.1) is 0 Å². The number of rotatable bonds is 4. The molecular formula is C14H15Cl2NO4. The first-order valence-corrected chi connectivity index (χ1v) is 7.28. The molecule has 114 valence electrons. The largest absolute Gasteiger partial charge is 0.480 e. The second-order valence-electron chi connectivity index (χ2n) is 4.79. The summed E-state index contributed by atoms with van der Waals surface area (Å²) in [6, 6.07) is 4.20. The standard InChI is InChI=1S/C14H15Cl2NO4/c15-10-5-9(6-11(16)7-10)1-2-13(18)17-3-4-21-8-12(17)14(19)20/h5-7,12H,1-4,8H2,(H,19,20). The van der Waals surface area contributed by atoms with E-state index in [1.54, 1.807) is 18.2 Å². The molecule has 0 saturated carbocycles. The van der Waals surface area contributed by atoms with Gasteiger partial charge in [0.05, 0.1) is 13.2 Å². The topological polar surface area (TPSA) is 66.8 Å². The lowest BCUT2D eigenvalue weighted by Crippen LogP contribution is -2.52. The third-order valence-corrected chi connectivity index (χ3v) is 3.72. The SMILES string of the molecule is O=C(O)C1COCCN1C(=O)CCc1cc(Cl)cc(Cl)c1. The molecule has 1 aliphatic heterocycles. The molecule has 0 spiro atoms. The smallest absolute Gasteiger partial charge is 0.328 e. The molecule has 5 nitrogen and oxygen atoms in total. The van der Waals surface area contributed by atoms with Crippen molar-refractivity contribution in [1.29, 1.82) is 0 Å². The monoisotopic (exact) mass is 331 g/mol. The lowest BCUT2D eigenvalue weighted by atomic mass is 10.1. The Bertz CT molecular complexity index is 530. The maximum Gasteiger partial charge on any atom is 0.328 e. The van der Waals surface area contributed by atoms with Crippen LogP contribution in [0.1, 0.15) is 12.0 Å². The highest BCUT2D eigenvalue weighted by Gasteiger charge is 2.32. The molecule has 1 fully saturated rings. The molecule has 7 heteroatoms. The average Bonchev–Trinajstić information content (AvgIpc) is 2.43. The van der Waals surface area contributed by atoms with E-state index in [1.807, 2.05) is 0 Å². The number of morpholine rings is 1. The fraction of sp³-hybridized carbons (Fsp3) is 0.429. The number of carbonyl (C=O) groups excluding carboxylic acids is 1. The van der Waals surface area contributed by atoms with Crippen LogP contribution in [-0.4, -0.2) is 47.7 Å². The Hall–Kier alpha value is -1.30. The zero-order chi connectivity index (χ0) is 15.4. The van der Waals surface area contributed by atoms with Crippen LogP contribution >= 0.6 is 23.2 Å². The van der Waals surface area contributed by atoms with Crippen LogP contribution in [0.4, 0.5) is 0 Å². The van der Waals surface area contributed by atoms with Crippen LogP contribution in [0.3, 0.4) is 0 Å². The lowest BCUT2D eigenvalue weighted by Gasteiger charge is -2.32. The third-order valence-electron chi connectivity index (χ3n) is 3.28. The molecule has 1 aromatic rings. The Balaban J connectivity index is 1.98. The molecule has 0 aromatic heterocycles. The zero-order valence-corrected chi connectivity index (χ0v) is 12.7. The molecule has 0 radical (unpaired) electrons.